The Kier molecular flexibility index (Phi) is 7.26. The SMILES string of the molecule is C=CCSCC(=O)N1CCC2(CCNCC2)CC1.Cl. The summed E-state index contributed by atoms with van der Waals surface area (Å²) in [5, 5.41) is 3.43. The number of carbonyl (C=O) groups excluding carboxylic acids is 1. The van der Waals surface area contributed by atoms with Crippen LogP contribution in [0.3, 0.4) is 0 Å². The maximum absolute atomic E-state index is 12.0. The van der Waals surface area contributed by atoms with E-state index in [-0.39, 0.29) is 12.4 Å². The van der Waals surface area contributed by atoms with E-state index in [9.17, 15) is 4.79 Å². The maximum atomic E-state index is 12.0. The Balaban J connectivity index is 0.00000180. The average molecular weight is 305 g/mol. The summed E-state index contributed by atoms with van der Waals surface area (Å²) in [6, 6.07) is 0. The standard InChI is InChI=1S/C14H24N2OS.ClH/c1-2-11-18-12-13(17)16-9-5-14(6-10-16)3-7-15-8-4-14;/h2,15H,1,3-12H2;1H. The molecule has 0 aromatic rings. The summed E-state index contributed by atoms with van der Waals surface area (Å²) in [6.07, 6.45) is 6.84. The fourth-order valence-corrected chi connectivity index (χ4v) is 3.65. The first-order valence-electron chi connectivity index (χ1n) is 6.93. The predicted octanol–water partition coefficient (Wildman–Crippen LogP) is 2.32. The first kappa shape index (κ1) is 16.9. The third-order valence-corrected chi connectivity index (χ3v) is 5.22. The van der Waals surface area contributed by atoms with Crippen molar-refractivity contribution >= 4 is 30.1 Å². The van der Waals surface area contributed by atoms with Gasteiger partial charge in [0.1, 0.15) is 0 Å². The van der Waals surface area contributed by atoms with Crippen molar-refractivity contribution in [3.8, 4) is 0 Å². The second-order valence-electron chi connectivity index (χ2n) is 5.43. The second kappa shape index (κ2) is 8.18. The summed E-state index contributed by atoms with van der Waals surface area (Å²) in [4.78, 5) is 14.1. The third kappa shape index (κ3) is 4.69. The van der Waals surface area contributed by atoms with Crippen molar-refractivity contribution in [2.75, 3.05) is 37.7 Å². The molecule has 19 heavy (non-hydrogen) atoms. The number of halogens is 1. The van der Waals surface area contributed by atoms with Crippen molar-refractivity contribution in [2.45, 2.75) is 25.7 Å². The fraction of sp³-hybridized carbons (Fsp3) is 0.786. The zero-order valence-electron chi connectivity index (χ0n) is 11.5. The molecule has 1 amide bonds. The number of piperidine rings is 2. The summed E-state index contributed by atoms with van der Waals surface area (Å²) in [7, 11) is 0. The minimum atomic E-state index is 0. The smallest absolute Gasteiger partial charge is 0.232 e. The van der Waals surface area contributed by atoms with Gasteiger partial charge in [-0.1, -0.05) is 6.08 Å². The molecule has 0 aliphatic carbocycles. The van der Waals surface area contributed by atoms with Gasteiger partial charge in [-0.05, 0) is 44.2 Å². The number of likely N-dealkylation sites (tertiary alicyclic amines) is 1. The number of amides is 1. The second-order valence-corrected chi connectivity index (χ2v) is 6.46. The molecule has 2 heterocycles. The molecule has 2 fully saturated rings. The van der Waals surface area contributed by atoms with Gasteiger partial charge in [0, 0.05) is 18.8 Å². The number of thioether (sulfide) groups is 1. The monoisotopic (exact) mass is 304 g/mol. The summed E-state index contributed by atoms with van der Waals surface area (Å²) >= 11 is 1.66. The quantitative estimate of drug-likeness (QED) is 0.639. The highest BCUT2D eigenvalue weighted by molar-refractivity contribution is 8.00. The lowest BCUT2D eigenvalue weighted by atomic mass is 9.71. The van der Waals surface area contributed by atoms with Gasteiger partial charge in [-0.3, -0.25) is 4.79 Å². The van der Waals surface area contributed by atoms with Gasteiger partial charge in [0.25, 0.3) is 0 Å². The van der Waals surface area contributed by atoms with E-state index in [0.29, 0.717) is 17.1 Å². The van der Waals surface area contributed by atoms with Gasteiger partial charge in [0.15, 0.2) is 0 Å². The molecule has 1 spiro atoms. The van der Waals surface area contributed by atoms with Crippen LogP contribution in [-0.2, 0) is 4.79 Å². The lowest BCUT2D eigenvalue weighted by Gasteiger charge is -2.44. The van der Waals surface area contributed by atoms with E-state index < -0.39 is 0 Å². The minimum Gasteiger partial charge on any atom is -0.342 e. The summed E-state index contributed by atoms with van der Waals surface area (Å²) in [5.74, 6) is 1.79. The molecule has 3 nitrogen and oxygen atoms in total. The number of carbonyl (C=O) groups is 1. The molecule has 0 aromatic carbocycles. The van der Waals surface area contributed by atoms with E-state index in [1.54, 1.807) is 11.8 Å². The van der Waals surface area contributed by atoms with Crippen molar-refractivity contribution in [3.63, 3.8) is 0 Å². The Morgan fingerprint density at radius 3 is 2.47 bits per heavy atom. The van der Waals surface area contributed by atoms with Crippen LogP contribution in [0.4, 0.5) is 0 Å². The number of nitrogens with zero attached hydrogens (tertiary/aromatic N) is 1. The van der Waals surface area contributed by atoms with Crippen molar-refractivity contribution < 1.29 is 4.79 Å². The van der Waals surface area contributed by atoms with Crippen LogP contribution in [0, 0.1) is 5.41 Å². The Morgan fingerprint density at radius 2 is 1.89 bits per heavy atom. The van der Waals surface area contributed by atoms with Crippen LogP contribution in [0.25, 0.3) is 0 Å². The molecule has 5 heteroatoms. The van der Waals surface area contributed by atoms with Crippen LogP contribution in [0.15, 0.2) is 12.7 Å². The van der Waals surface area contributed by atoms with Crippen LogP contribution >= 0.6 is 24.2 Å². The average Bonchev–Trinajstić information content (AvgIpc) is 2.41. The highest BCUT2D eigenvalue weighted by Gasteiger charge is 2.36. The molecular weight excluding hydrogens is 280 g/mol. The molecule has 0 saturated carbocycles. The normalized spacial score (nSPS) is 21.8. The molecule has 2 saturated heterocycles. The van der Waals surface area contributed by atoms with Crippen molar-refractivity contribution in [3.05, 3.63) is 12.7 Å². The van der Waals surface area contributed by atoms with Crippen LogP contribution in [0.2, 0.25) is 0 Å². The Hall–Kier alpha value is -0.190. The zero-order valence-corrected chi connectivity index (χ0v) is 13.2. The first-order chi connectivity index (χ1) is 8.76. The molecule has 2 rings (SSSR count). The van der Waals surface area contributed by atoms with Gasteiger partial charge >= 0.3 is 0 Å². The maximum Gasteiger partial charge on any atom is 0.232 e. The minimum absolute atomic E-state index is 0. The van der Waals surface area contributed by atoms with Gasteiger partial charge in [0.2, 0.25) is 5.91 Å². The lowest BCUT2D eigenvalue weighted by molar-refractivity contribution is -0.130. The molecule has 0 bridgehead atoms. The summed E-state index contributed by atoms with van der Waals surface area (Å²) in [5.41, 5.74) is 0.538. The van der Waals surface area contributed by atoms with E-state index in [1.807, 2.05) is 6.08 Å². The van der Waals surface area contributed by atoms with Gasteiger partial charge in [0.05, 0.1) is 5.75 Å². The van der Waals surface area contributed by atoms with Gasteiger partial charge < -0.3 is 10.2 Å². The van der Waals surface area contributed by atoms with Gasteiger partial charge in [-0.2, -0.15) is 0 Å². The molecule has 0 radical (unpaired) electrons. The van der Waals surface area contributed by atoms with Crippen molar-refractivity contribution in [2.24, 2.45) is 5.41 Å². The zero-order chi connectivity index (χ0) is 12.8. The Bertz CT molecular complexity index is 296. The largest absolute Gasteiger partial charge is 0.342 e. The Labute approximate surface area is 127 Å². The highest BCUT2D eigenvalue weighted by atomic mass is 35.5. The summed E-state index contributed by atoms with van der Waals surface area (Å²) in [6.45, 7) is 7.92. The molecular formula is C14H25ClN2OS. The highest BCUT2D eigenvalue weighted by Crippen LogP contribution is 2.39. The number of rotatable bonds is 4. The number of hydrogen-bond donors (Lipinski definition) is 1. The molecule has 110 valence electrons. The molecule has 2 aliphatic heterocycles. The number of nitrogens with one attached hydrogen (secondary N) is 1. The molecule has 0 aromatic heterocycles. The Morgan fingerprint density at radius 1 is 1.26 bits per heavy atom. The van der Waals surface area contributed by atoms with E-state index in [1.165, 1.54) is 25.7 Å². The molecule has 1 N–H and O–H groups in total. The van der Waals surface area contributed by atoms with Gasteiger partial charge in [-0.15, -0.1) is 30.7 Å². The van der Waals surface area contributed by atoms with Crippen LogP contribution in [-0.4, -0.2) is 48.5 Å². The first-order valence-corrected chi connectivity index (χ1v) is 8.08. The van der Waals surface area contributed by atoms with Gasteiger partial charge in [-0.25, -0.2) is 0 Å². The van der Waals surface area contributed by atoms with Crippen LogP contribution in [0.1, 0.15) is 25.7 Å². The third-order valence-electron chi connectivity index (χ3n) is 4.30. The molecule has 2 aliphatic rings. The van der Waals surface area contributed by atoms with Crippen LogP contribution < -0.4 is 5.32 Å². The summed E-state index contributed by atoms with van der Waals surface area (Å²) < 4.78 is 0. The van der Waals surface area contributed by atoms with Crippen molar-refractivity contribution in [1.82, 2.24) is 10.2 Å². The van der Waals surface area contributed by atoms with E-state index in [4.69, 9.17) is 0 Å². The molecule has 0 unspecified atom stereocenters. The van der Waals surface area contributed by atoms with Crippen molar-refractivity contribution in [1.29, 1.82) is 0 Å². The topological polar surface area (TPSA) is 32.3 Å². The molecule has 0 atom stereocenters. The van der Waals surface area contributed by atoms with E-state index >= 15 is 0 Å². The van der Waals surface area contributed by atoms with Crippen LogP contribution in [0.5, 0.6) is 0 Å². The lowest BCUT2D eigenvalue weighted by Crippen LogP contribution is -2.47. The predicted molar refractivity (Wildman–Crippen MR) is 85.1 cm³/mol. The van der Waals surface area contributed by atoms with E-state index in [0.717, 1.165) is 31.9 Å². The number of hydrogen-bond acceptors (Lipinski definition) is 3. The van der Waals surface area contributed by atoms with E-state index in [2.05, 4.69) is 16.8 Å². The fourth-order valence-electron chi connectivity index (χ4n) is 3.01.